The number of nitrogens with one attached hydrogen (secondary N) is 1. The van der Waals surface area contributed by atoms with Gasteiger partial charge in [0.15, 0.2) is 17.2 Å². The number of hydrogen-bond acceptors (Lipinski definition) is 5. The normalized spacial score (nSPS) is 14.0. The van der Waals surface area contributed by atoms with Crippen LogP contribution in [0.3, 0.4) is 0 Å². The van der Waals surface area contributed by atoms with Crippen molar-refractivity contribution >= 4 is 31.0 Å². The smallest absolute Gasteiger partial charge is 0.352 e. The van der Waals surface area contributed by atoms with E-state index in [1.54, 1.807) is 15.9 Å². The number of nitrogens with zero attached hydrogens (tertiary/aromatic N) is 6. The second kappa shape index (κ2) is 12.1. The molecule has 0 spiro atoms. The molecule has 206 valence electrons. The number of allylic oxidation sites excluding steroid dienone is 5. The van der Waals surface area contributed by atoms with E-state index >= 15 is 4.32 Å². The molecule has 2 aromatic heterocycles. The summed E-state index contributed by atoms with van der Waals surface area (Å²) < 4.78 is 19.3. The number of hydrogen-bond donors (Lipinski definition) is 1. The van der Waals surface area contributed by atoms with E-state index in [9.17, 15) is 4.79 Å². The fraction of sp³-hybridized carbons (Fsp3) is 0.125. The van der Waals surface area contributed by atoms with Gasteiger partial charge in [-0.15, -0.1) is 20.4 Å². The third-order valence-electron chi connectivity index (χ3n) is 7.09. The highest BCUT2D eigenvalue weighted by Gasteiger charge is 2.47. The lowest BCUT2D eigenvalue weighted by atomic mass is 9.96. The van der Waals surface area contributed by atoms with Gasteiger partial charge in [0.05, 0.1) is 0 Å². The molecule has 0 bridgehead atoms. The summed E-state index contributed by atoms with van der Waals surface area (Å²) in [6, 6.07) is 21.4. The fourth-order valence-electron chi connectivity index (χ4n) is 4.92. The van der Waals surface area contributed by atoms with Gasteiger partial charge in [-0.1, -0.05) is 72.8 Å². The number of aromatic nitrogens is 5. The minimum absolute atomic E-state index is 0.101. The minimum Gasteiger partial charge on any atom is -0.352 e. The first-order chi connectivity index (χ1) is 20.5. The summed E-state index contributed by atoms with van der Waals surface area (Å²) in [5.41, 5.74) is 5.96. The number of fused-ring (bicyclic) bond motifs is 2. The zero-order chi connectivity index (χ0) is 28.9. The number of benzene rings is 2. The van der Waals surface area contributed by atoms with E-state index in [1.807, 2.05) is 109 Å². The fourth-order valence-corrected chi connectivity index (χ4v) is 4.92. The van der Waals surface area contributed by atoms with Crippen LogP contribution in [0.15, 0.2) is 103 Å². The van der Waals surface area contributed by atoms with Crippen LogP contribution in [0.4, 0.5) is 4.32 Å². The molecule has 0 unspecified atom stereocenters. The highest BCUT2D eigenvalue weighted by molar-refractivity contribution is 6.43. The van der Waals surface area contributed by atoms with Gasteiger partial charge in [0.1, 0.15) is 0 Å². The van der Waals surface area contributed by atoms with Gasteiger partial charge in [-0.05, 0) is 36.6 Å². The van der Waals surface area contributed by atoms with Crippen molar-refractivity contribution in [3.63, 3.8) is 0 Å². The maximum Gasteiger partial charge on any atom is 0.846 e. The molecule has 1 N–H and O–H groups in total. The third kappa shape index (κ3) is 5.92. The Morgan fingerprint density at radius 2 is 1.71 bits per heavy atom. The van der Waals surface area contributed by atoms with Crippen molar-refractivity contribution < 1.29 is 13.6 Å². The second-order valence-corrected chi connectivity index (χ2v) is 10.0. The molecular formula is C32H28BFN7O+. The van der Waals surface area contributed by atoms with Gasteiger partial charge in [0.25, 0.3) is 0 Å². The van der Waals surface area contributed by atoms with Crippen LogP contribution >= 0.6 is 0 Å². The standard InChI is InChI=1S/C32H27BFN7O/c1-23-36-38-32(39-37-23)26-13-11-25(12-14-26)22-35-31(42)20-19-28-16-18-30-21-29-17-15-27(40(29)33(34)41(28)30)10-6-5-9-24-7-3-2-4-8-24/h2-18,21H,19-20,22H2,1H3/p+1/b9-5+,10-6+. The Bertz CT molecular complexity index is 1750. The zero-order valence-corrected chi connectivity index (χ0v) is 23.1. The largest absolute Gasteiger partial charge is 0.846 e. The molecule has 0 radical (unpaired) electrons. The molecule has 42 heavy (non-hydrogen) atoms. The maximum absolute atomic E-state index is 15.9. The van der Waals surface area contributed by atoms with Gasteiger partial charge < -0.3 is 5.32 Å². The Morgan fingerprint density at radius 1 is 0.952 bits per heavy atom. The predicted octanol–water partition coefficient (Wildman–Crippen LogP) is 4.74. The number of rotatable bonds is 9. The minimum atomic E-state index is -1.40. The molecule has 8 nitrogen and oxygen atoms in total. The maximum atomic E-state index is 15.9. The third-order valence-corrected chi connectivity index (χ3v) is 7.09. The van der Waals surface area contributed by atoms with Crippen molar-refractivity contribution in [2.75, 3.05) is 0 Å². The van der Waals surface area contributed by atoms with E-state index in [-0.39, 0.29) is 12.3 Å². The highest BCUT2D eigenvalue weighted by atomic mass is 19.1. The second-order valence-electron chi connectivity index (χ2n) is 10.0. The summed E-state index contributed by atoms with van der Waals surface area (Å²) in [5.74, 6) is 0.860. The number of carbonyl (C=O) groups is 1. The molecule has 2 aliphatic heterocycles. The Labute approximate surface area is 243 Å². The average molecular weight is 556 g/mol. The first-order valence-corrected chi connectivity index (χ1v) is 13.7. The molecule has 0 saturated heterocycles. The Morgan fingerprint density at radius 3 is 2.50 bits per heavy atom. The van der Waals surface area contributed by atoms with Crippen LogP contribution in [0.1, 0.15) is 34.8 Å². The van der Waals surface area contributed by atoms with Crippen molar-refractivity contribution in [2.45, 2.75) is 26.3 Å². The Hall–Kier alpha value is -5.25. The van der Waals surface area contributed by atoms with E-state index < -0.39 is 7.26 Å². The van der Waals surface area contributed by atoms with Gasteiger partial charge in [-0.25, -0.2) is 8.80 Å². The molecule has 0 aliphatic carbocycles. The summed E-state index contributed by atoms with van der Waals surface area (Å²) in [5, 5.41) is 18.9. The molecule has 0 atom stereocenters. The predicted molar refractivity (Wildman–Crippen MR) is 162 cm³/mol. The number of carbonyl (C=O) groups excluding carboxylic acids is 1. The summed E-state index contributed by atoms with van der Waals surface area (Å²) in [4.78, 5) is 12.7. The summed E-state index contributed by atoms with van der Waals surface area (Å²) >= 11 is 0. The van der Waals surface area contributed by atoms with Gasteiger partial charge in [-0.3, -0.25) is 9.27 Å². The van der Waals surface area contributed by atoms with Crippen molar-refractivity contribution in [3.8, 4) is 11.4 Å². The first-order valence-electron chi connectivity index (χ1n) is 13.7. The van der Waals surface area contributed by atoms with E-state index in [2.05, 4.69) is 25.7 Å². The molecule has 2 aromatic carbocycles. The number of aryl methyl sites for hydroxylation is 2. The average Bonchev–Trinajstić information content (AvgIpc) is 3.63. The zero-order valence-electron chi connectivity index (χ0n) is 23.1. The SMILES string of the molecule is Cc1nnc(-c2ccc(CNC(=O)CCc3ccc4n3B(F)[N+]3=C(/C=C/C=C/c5ccccc5)C=CC3=C4)cc2)nn1. The first kappa shape index (κ1) is 27.0. The molecule has 2 aliphatic rings. The molecule has 0 saturated carbocycles. The van der Waals surface area contributed by atoms with Crippen LogP contribution in [0, 0.1) is 6.92 Å². The van der Waals surface area contributed by atoms with Crippen LogP contribution in [0.25, 0.3) is 23.5 Å². The van der Waals surface area contributed by atoms with Crippen LogP contribution in [0.2, 0.25) is 0 Å². The number of amides is 1. The van der Waals surface area contributed by atoms with E-state index in [0.717, 1.165) is 39.5 Å². The monoisotopic (exact) mass is 556 g/mol. The molecule has 0 fully saturated rings. The highest BCUT2D eigenvalue weighted by Crippen LogP contribution is 2.26. The molecule has 4 aromatic rings. The van der Waals surface area contributed by atoms with Crippen LogP contribution in [-0.4, -0.2) is 48.2 Å². The summed E-state index contributed by atoms with van der Waals surface area (Å²) in [6.45, 7) is 2.12. The van der Waals surface area contributed by atoms with Gasteiger partial charge in [-0.2, -0.15) is 0 Å². The lowest BCUT2D eigenvalue weighted by molar-refractivity contribution is -0.333. The van der Waals surface area contributed by atoms with Crippen molar-refractivity contribution in [1.29, 1.82) is 0 Å². The van der Waals surface area contributed by atoms with Crippen molar-refractivity contribution in [2.24, 2.45) is 0 Å². The van der Waals surface area contributed by atoms with Crippen molar-refractivity contribution in [3.05, 3.63) is 131 Å². The van der Waals surface area contributed by atoms with Crippen LogP contribution in [0.5, 0.6) is 0 Å². The van der Waals surface area contributed by atoms with Gasteiger partial charge >= 0.3 is 7.26 Å². The van der Waals surface area contributed by atoms with E-state index in [4.69, 9.17) is 0 Å². The van der Waals surface area contributed by atoms with Gasteiger partial charge in [0, 0.05) is 54.2 Å². The van der Waals surface area contributed by atoms with Crippen LogP contribution < -0.4 is 5.32 Å². The molecule has 4 heterocycles. The molecule has 10 heteroatoms. The van der Waals surface area contributed by atoms with Crippen LogP contribution in [-0.2, 0) is 17.8 Å². The summed E-state index contributed by atoms with van der Waals surface area (Å²) in [6.07, 6.45) is 14.2. The quantitative estimate of drug-likeness (QED) is 0.238. The Balaban J connectivity index is 1.06. The molecular weight excluding hydrogens is 528 g/mol. The topological polar surface area (TPSA) is 88.6 Å². The van der Waals surface area contributed by atoms with Crippen molar-refractivity contribution in [1.82, 2.24) is 30.2 Å². The molecule has 6 rings (SSSR count). The van der Waals surface area contributed by atoms with Gasteiger partial charge in [0.2, 0.25) is 11.7 Å². The lowest BCUT2D eigenvalue weighted by Crippen LogP contribution is -2.39. The Kier molecular flexibility index (Phi) is 7.76. The van der Waals surface area contributed by atoms with E-state index in [0.29, 0.717) is 24.6 Å². The number of halogens is 1. The lowest BCUT2D eigenvalue weighted by Gasteiger charge is -2.15. The van der Waals surface area contributed by atoms with E-state index in [1.165, 1.54) is 0 Å². The summed E-state index contributed by atoms with van der Waals surface area (Å²) in [7, 11) is -1.40. The molecule has 1 amide bonds.